The second kappa shape index (κ2) is 20.2. The van der Waals surface area contributed by atoms with Gasteiger partial charge in [-0.1, -0.05) is 25.3 Å². The Morgan fingerprint density at radius 1 is 0.956 bits per heavy atom. The van der Waals surface area contributed by atoms with E-state index in [1.807, 2.05) is 0 Å². The van der Waals surface area contributed by atoms with Gasteiger partial charge in [-0.05, 0) is 69.7 Å². The predicted octanol–water partition coefficient (Wildman–Crippen LogP) is 3.69. The van der Waals surface area contributed by atoms with E-state index >= 15 is 13.2 Å². The van der Waals surface area contributed by atoms with Crippen molar-refractivity contribution in [2.45, 2.75) is 94.7 Å². The summed E-state index contributed by atoms with van der Waals surface area (Å²) >= 11 is 0. The second-order valence-corrected chi connectivity index (χ2v) is 17.6. The molecule has 7 amide bonds. The van der Waals surface area contributed by atoms with E-state index in [4.69, 9.17) is 9.47 Å². The highest BCUT2D eigenvalue weighted by atomic mass is 19.3. The first-order valence-electron chi connectivity index (χ1n) is 22.8. The Kier molecular flexibility index (Phi) is 14.1. The van der Waals surface area contributed by atoms with Crippen molar-refractivity contribution in [2.24, 2.45) is 0 Å². The highest BCUT2D eigenvalue weighted by molar-refractivity contribution is 6.24. The van der Waals surface area contributed by atoms with Crippen LogP contribution in [0, 0.1) is 5.82 Å². The van der Waals surface area contributed by atoms with Crippen LogP contribution in [0.5, 0.6) is 11.5 Å². The summed E-state index contributed by atoms with van der Waals surface area (Å²) in [4.78, 5) is 103. The van der Waals surface area contributed by atoms with Gasteiger partial charge in [0, 0.05) is 51.3 Å². The first-order chi connectivity index (χ1) is 32.6. The number of hydrogen-bond acceptors (Lipinski definition) is 14. The molecule has 1 saturated carbocycles. The third kappa shape index (κ3) is 10.0. The number of nitrogens with one attached hydrogen (secondary N) is 4. The Balaban J connectivity index is 0.758. The van der Waals surface area contributed by atoms with Gasteiger partial charge in [-0.3, -0.25) is 43.8 Å². The molecule has 2 aromatic carbocycles. The van der Waals surface area contributed by atoms with Gasteiger partial charge in [0.2, 0.25) is 17.8 Å². The van der Waals surface area contributed by atoms with Crippen LogP contribution in [-0.2, 0) is 19.2 Å². The summed E-state index contributed by atoms with van der Waals surface area (Å²) in [6.07, 6.45) is 8.07. The summed E-state index contributed by atoms with van der Waals surface area (Å²) in [6.45, 7) is 1.42. The number of carbonyl (C=O) groups excluding carboxylic acids is 7. The molecule has 19 nitrogen and oxygen atoms in total. The maximum atomic E-state index is 15.6. The number of fused-ring (bicyclic) bond motifs is 2. The molecule has 1 atom stereocenters. The van der Waals surface area contributed by atoms with Crippen LogP contribution >= 0.6 is 0 Å². The molecule has 2 saturated heterocycles. The molecule has 1 aliphatic carbocycles. The number of carbonyl (C=O) groups is 7. The molecule has 68 heavy (non-hydrogen) atoms. The molecule has 22 heteroatoms. The average Bonchev–Trinajstić information content (AvgIpc) is 3.93. The van der Waals surface area contributed by atoms with E-state index in [9.17, 15) is 33.6 Å². The lowest BCUT2D eigenvalue weighted by Crippen LogP contribution is -2.54. The third-order valence-electron chi connectivity index (χ3n) is 13.1. The minimum absolute atomic E-state index is 0.00550. The number of unbranched alkanes of at least 4 members (excludes halogenated alkanes) is 2. The molecule has 5 heterocycles. The van der Waals surface area contributed by atoms with Gasteiger partial charge in [0.25, 0.3) is 29.5 Å². The SMILES string of the molecule is COc1cc(C(=O)NC2CCN(CCCCCNC(=O)COc3cccc4c3C(=O)N(C3CCC(=O)NC3=O)C4=O)CC2)c(F)cc1Nc1ncc2c(n1)N(C1CCCC1)CC(F)(F)C(=O)N2C. The van der Waals surface area contributed by atoms with Crippen LogP contribution in [0.4, 0.5) is 36.3 Å². The van der Waals surface area contributed by atoms with Gasteiger partial charge in [-0.2, -0.15) is 13.8 Å². The molecule has 362 valence electrons. The number of anilines is 4. The maximum Gasteiger partial charge on any atom is 0.342 e. The number of likely N-dealkylation sites (tertiary alicyclic amines) is 1. The van der Waals surface area contributed by atoms with Gasteiger partial charge >= 0.3 is 5.92 Å². The lowest BCUT2D eigenvalue weighted by molar-refractivity contribution is -0.140. The van der Waals surface area contributed by atoms with E-state index < -0.39 is 72.3 Å². The molecule has 3 aromatic rings. The zero-order valence-corrected chi connectivity index (χ0v) is 37.7. The number of amides is 7. The highest BCUT2D eigenvalue weighted by Crippen LogP contribution is 2.40. The van der Waals surface area contributed by atoms with Crippen LogP contribution in [0.1, 0.15) is 102 Å². The standard InChI is InChI=1S/C46H53F3N10O9/c1-56-33-23-51-45(55-39(33)58(27-9-4-5-10-27)25-46(48,49)44(56)66)53-31-22-30(47)29(21-35(31)67-2)40(62)52-26-15-19-57(20-16-26)18-7-3-6-17-50-37(61)24-68-34-12-8-11-28-38(34)43(65)59(42(28)64)32-13-14-36(60)54-41(32)63/h8,11-12,21-23,26-27,32H,3-7,9-10,13-20,24-25H2,1-2H3,(H,50,61)(H,52,62)(H,51,53,55)(H,54,60,63). The van der Waals surface area contributed by atoms with Crippen molar-refractivity contribution in [1.29, 1.82) is 0 Å². The number of rotatable bonds is 16. The summed E-state index contributed by atoms with van der Waals surface area (Å²) in [5, 5.41) is 10.8. The Hall–Kier alpha value is -6.84. The fourth-order valence-electron chi connectivity index (χ4n) is 9.45. The van der Waals surface area contributed by atoms with Gasteiger partial charge in [0.15, 0.2) is 12.4 Å². The number of aromatic nitrogens is 2. The lowest BCUT2D eigenvalue weighted by Gasteiger charge is -2.32. The largest absolute Gasteiger partial charge is 0.495 e. The monoisotopic (exact) mass is 946 g/mol. The maximum absolute atomic E-state index is 15.6. The van der Waals surface area contributed by atoms with Crippen LogP contribution in [0.25, 0.3) is 0 Å². The van der Waals surface area contributed by atoms with E-state index in [1.54, 1.807) is 0 Å². The molecule has 4 N–H and O–H groups in total. The Morgan fingerprint density at radius 3 is 2.46 bits per heavy atom. The van der Waals surface area contributed by atoms with Crippen molar-refractivity contribution in [3.05, 3.63) is 59.0 Å². The molecule has 3 fully saturated rings. The number of methoxy groups -OCH3 is 1. The zero-order valence-electron chi connectivity index (χ0n) is 37.7. The number of nitrogens with zero attached hydrogens (tertiary/aromatic N) is 6. The van der Waals surface area contributed by atoms with E-state index in [-0.39, 0.29) is 76.3 Å². The van der Waals surface area contributed by atoms with Crippen molar-refractivity contribution in [2.75, 3.05) is 68.6 Å². The lowest BCUT2D eigenvalue weighted by atomic mass is 10.0. The minimum atomic E-state index is -3.64. The normalized spacial score (nSPS) is 19.9. The van der Waals surface area contributed by atoms with Crippen molar-refractivity contribution in [1.82, 2.24) is 35.7 Å². The molecule has 0 bridgehead atoms. The summed E-state index contributed by atoms with van der Waals surface area (Å²) < 4.78 is 56.9. The fraction of sp³-hybridized carbons (Fsp3) is 0.500. The smallest absolute Gasteiger partial charge is 0.342 e. The topological polar surface area (TPSA) is 225 Å². The molecular formula is C46H53F3N10O9. The fourth-order valence-corrected chi connectivity index (χ4v) is 9.45. The van der Waals surface area contributed by atoms with Crippen molar-refractivity contribution < 1.29 is 56.2 Å². The van der Waals surface area contributed by atoms with Crippen molar-refractivity contribution in [3.63, 3.8) is 0 Å². The number of imide groups is 2. The van der Waals surface area contributed by atoms with Gasteiger partial charge in [0.05, 0.1) is 42.2 Å². The summed E-state index contributed by atoms with van der Waals surface area (Å²) in [5.41, 5.74) is 0.0318. The van der Waals surface area contributed by atoms with Crippen LogP contribution < -0.4 is 40.5 Å². The number of benzene rings is 2. The van der Waals surface area contributed by atoms with Crippen LogP contribution in [0.15, 0.2) is 36.5 Å². The van der Waals surface area contributed by atoms with Crippen molar-refractivity contribution in [3.8, 4) is 11.5 Å². The Bertz CT molecular complexity index is 2500. The third-order valence-corrected chi connectivity index (χ3v) is 13.1. The van der Waals surface area contributed by atoms with E-state index in [0.717, 1.165) is 61.2 Å². The Labute approximate surface area is 389 Å². The Morgan fingerprint density at radius 2 is 1.72 bits per heavy atom. The number of alkyl halides is 2. The van der Waals surface area contributed by atoms with Crippen LogP contribution in [0.3, 0.4) is 0 Å². The highest BCUT2D eigenvalue weighted by Gasteiger charge is 2.49. The molecule has 1 aromatic heterocycles. The quantitative estimate of drug-likeness (QED) is 0.119. The van der Waals surface area contributed by atoms with Gasteiger partial charge < -0.3 is 40.1 Å². The molecule has 4 aliphatic heterocycles. The minimum Gasteiger partial charge on any atom is -0.495 e. The number of ether oxygens (including phenoxy) is 2. The molecule has 0 radical (unpaired) electrons. The van der Waals surface area contributed by atoms with E-state index in [2.05, 4.69) is 36.1 Å². The first kappa shape index (κ1) is 47.6. The summed E-state index contributed by atoms with van der Waals surface area (Å²) in [5.74, 6) is -9.14. The summed E-state index contributed by atoms with van der Waals surface area (Å²) in [7, 11) is 2.62. The van der Waals surface area contributed by atoms with E-state index in [1.165, 1.54) is 49.5 Å². The number of halogens is 3. The van der Waals surface area contributed by atoms with Gasteiger partial charge in [-0.25, -0.2) is 9.37 Å². The predicted molar refractivity (Wildman–Crippen MR) is 239 cm³/mol. The summed E-state index contributed by atoms with van der Waals surface area (Å²) in [6, 6.07) is 5.25. The number of hydrogen-bond donors (Lipinski definition) is 4. The van der Waals surface area contributed by atoms with Crippen LogP contribution in [0.2, 0.25) is 0 Å². The second-order valence-electron chi connectivity index (χ2n) is 17.6. The first-order valence-corrected chi connectivity index (χ1v) is 22.8. The zero-order chi connectivity index (χ0) is 48.3. The molecule has 8 rings (SSSR count). The van der Waals surface area contributed by atoms with Gasteiger partial charge in [0.1, 0.15) is 29.0 Å². The van der Waals surface area contributed by atoms with Crippen molar-refractivity contribution >= 4 is 64.5 Å². The molecule has 1 unspecified atom stereocenters. The van der Waals surface area contributed by atoms with E-state index in [0.29, 0.717) is 38.6 Å². The molecular weight excluding hydrogens is 894 g/mol. The van der Waals surface area contributed by atoms with Gasteiger partial charge in [-0.15, -0.1) is 0 Å². The molecule has 5 aliphatic rings. The average molecular weight is 947 g/mol. The number of piperidine rings is 2. The van der Waals surface area contributed by atoms with Crippen LogP contribution in [-0.4, -0.2) is 139 Å². The molecule has 0 spiro atoms.